The molecule has 1 aliphatic carbocycles. The van der Waals surface area contributed by atoms with Gasteiger partial charge in [0.25, 0.3) is 0 Å². The summed E-state index contributed by atoms with van der Waals surface area (Å²) < 4.78 is 0. The van der Waals surface area contributed by atoms with Gasteiger partial charge in [-0.3, -0.25) is 0 Å². The van der Waals surface area contributed by atoms with E-state index in [2.05, 4.69) is 43.2 Å². The molecular formula is C10H19N3. The van der Waals surface area contributed by atoms with E-state index < -0.39 is 0 Å². The van der Waals surface area contributed by atoms with E-state index in [0.717, 1.165) is 12.8 Å². The second-order valence-corrected chi connectivity index (χ2v) is 4.49. The van der Waals surface area contributed by atoms with Gasteiger partial charge in [-0.15, -0.1) is 0 Å². The predicted octanol–water partition coefficient (Wildman–Crippen LogP) is 1.41. The highest BCUT2D eigenvalue weighted by Crippen LogP contribution is 2.12. The third-order valence-corrected chi connectivity index (χ3v) is 1.81. The van der Waals surface area contributed by atoms with Crippen molar-refractivity contribution in [3.63, 3.8) is 0 Å². The van der Waals surface area contributed by atoms with Gasteiger partial charge in [0.2, 0.25) is 0 Å². The van der Waals surface area contributed by atoms with Crippen LogP contribution >= 0.6 is 0 Å². The summed E-state index contributed by atoms with van der Waals surface area (Å²) in [5.74, 6) is 0.557. The van der Waals surface area contributed by atoms with Crippen molar-refractivity contribution >= 4 is 5.96 Å². The van der Waals surface area contributed by atoms with E-state index in [9.17, 15) is 0 Å². The highest BCUT2D eigenvalue weighted by atomic mass is 15.1. The van der Waals surface area contributed by atoms with Crippen LogP contribution < -0.4 is 11.1 Å². The summed E-state index contributed by atoms with van der Waals surface area (Å²) in [6, 6.07) is 0.356. The van der Waals surface area contributed by atoms with E-state index in [1.54, 1.807) is 0 Å². The summed E-state index contributed by atoms with van der Waals surface area (Å²) in [7, 11) is 0. The number of nitrogens with one attached hydrogen (secondary N) is 1. The number of hydrogen-bond acceptors (Lipinski definition) is 1. The van der Waals surface area contributed by atoms with Crippen molar-refractivity contribution in [2.24, 2.45) is 10.7 Å². The van der Waals surface area contributed by atoms with E-state index >= 15 is 0 Å². The number of nitrogens with two attached hydrogens (primary N) is 1. The molecule has 0 aromatic carbocycles. The zero-order valence-electron chi connectivity index (χ0n) is 8.67. The first kappa shape index (κ1) is 10.1. The van der Waals surface area contributed by atoms with Gasteiger partial charge in [0.15, 0.2) is 5.96 Å². The molecule has 1 aliphatic rings. The van der Waals surface area contributed by atoms with Crippen LogP contribution in [0.4, 0.5) is 0 Å². The topological polar surface area (TPSA) is 50.4 Å². The normalized spacial score (nSPS) is 19.5. The molecule has 0 aliphatic heterocycles. The Balaban J connectivity index is 2.42. The lowest BCUT2D eigenvalue weighted by Gasteiger charge is -2.21. The molecule has 3 N–H and O–H groups in total. The van der Waals surface area contributed by atoms with Crippen LogP contribution in [0.25, 0.3) is 0 Å². The van der Waals surface area contributed by atoms with Gasteiger partial charge in [-0.25, -0.2) is 4.99 Å². The van der Waals surface area contributed by atoms with E-state index in [-0.39, 0.29) is 5.54 Å². The molecule has 0 unspecified atom stereocenters. The standard InChI is InChI=1S/C10H19N3/c1-10(2,3)13-9(11)12-8-6-4-5-7-8/h4-5,8H,6-7H2,1-3H3,(H3,11,12,13). The monoisotopic (exact) mass is 181 g/mol. The quantitative estimate of drug-likeness (QED) is 0.365. The second kappa shape index (κ2) is 3.81. The fraction of sp³-hybridized carbons (Fsp3) is 0.700. The van der Waals surface area contributed by atoms with Crippen LogP contribution in [0.15, 0.2) is 17.1 Å². The molecule has 0 heterocycles. The van der Waals surface area contributed by atoms with E-state index in [1.807, 2.05) is 0 Å². The van der Waals surface area contributed by atoms with Gasteiger partial charge in [-0.05, 0) is 33.6 Å². The highest BCUT2D eigenvalue weighted by molar-refractivity contribution is 5.78. The maximum absolute atomic E-state index is 5.75. The maximum Gasteiger partial charge on any atom is 0.189 e. The molecule has 0 amide bonds. The first-order chi connectivity index (χ1) is 5.97. The molecule has 13 heavy (non-hydrogen) atoms. The van der Waals surface area contributed by atoms with Crippen molar-refractivity contribution in [1.29, 1.82) is 0 Å². The molecule has 0 atom stereocenters. The minimum absolute atomic E-state index is 0.000381. The lowest BCUT2D eigenvalue weighted by atomic mass is 10.1. The first-order valence-electron chi connectivity index (χ1n) is 4.74. The Morgan fingerprint density at radius 1 is 1.38 bits per heavy atom. The zero-order valence-corrected chi connectivity index (χ0v) is 8.67. The molecule has 1 rings (SSSR count). The number of nitrogens with zero attached hydrogens (tertiary/aromatic N) is 1. The first-order valence-corrected chi connectivity index (χ1v) is 4.74. The van der Waals surface area contributed by atoms with Gasteiger partial charge in [0.05, 0.1) is 6.04 Å². The number of hydrogen-bond donors (Lipinski definition) is 2. The Bertz CT molecular complexity index is 215. The summed E-state index contributed by atoms with van der Waals surface area (Å²) >= 11 is 0. The van der Waals surface area contributed by atoms with Crippen molar-refractivity contribution in [2.75, 3.05) is 0 Å². The largest absolute Gasteiger partial charge is 0.370 e. The molecule has 0 bridgehead atoms. The zero-order chi connectivity index (χ0) is 9.90. The van der Waals surface area contributed by atoms with E-state index in [4.69, 9.17) is 5.73 Å². The minimum atomic E-state index is -0.000381. The molecule has 0 fully saturated rings. The van der Waals surface area contributed by atoms with Gasteiger partial charge in [0.1, 0.15) is 0 Å². The van der Waals surface area contributed by atoms with Crippen LogP contribution in [0.5, 0.6) is 0 Å². The predicted molar refractivity (Wildman–Crippen MR) is 56.7 cm³/mol. The van der Waals surface area contributed by atoms with Crippen LogP contribution in [0.3, 0.4) is 0 Å². The van der Waals surface area contributed by atoms with Gasteiger partial charge < -0.3 is 11.1 Å². The Morgan fingerprint density at radius 2 is 1.92 bits per heavy atom. The molecule has 3 heteroatoms. The average molecular weight is 181 g/mol. The Morgan fingerprint density at radius 3 is 2.38 bits per heavy atom. The molecular weight excluding hydrogens is 162 g/mol. The molecule has 74 valence electrons. The fourth-order valence-electron chi connectivity index (χ4n) is 1.32. The summed E-state index contributed by atoms with van der Waals surface area (Å²) in [5.41, 5.74) is 5.75. The summed E-state index contributed by atoms with van der Waals surface area (Å²) in [4.78, 5) is 4.38. The van der Waals surface area contributed by atoms with E-state index in [0.29, 0.717) is 12.0 Å². The lowest BCUT2D eigenvalue weighted by molar-refractivity contribution is 0.506. The van der Waals surface area contributed by atoms with Gasteiger partial charge in [0, 0.05) is 5.54 Å². The van der Waals surface area contributed by atoms with E-state index in [1.165, 1.54) is 0 Å². The van der Waals surface area contributed by atoms with Crippen LogP contribution in [0.1, 0.15) is 33.6 Å². The maximum atomic E-state index is 5.75. The summed E-state index contributed by atoms with van der Waals surface area (Å²) in [6.07, 6.45) is 6.34. The Kier molecular flexibility index (Phi) is 2.96. The van der Waals surface area contributed by atoms with Crippen LogP contribution in [0.2, 0.25) is 0 Å². The van der Waals surface area contributed by atoms with Crippen LogP contribution in [-0.2, 0) is 0 Å². The van der Waals surface area contributed by atoms with Crippen LogP contribution in [0, 0.1) is 0 Å². The number of aliphatic imine (C=N–C) groups is 1. The third-order valence-electron chi connectivity index (χ3n) is 1.81. The van der Waals surface area contributed by atoms with Gasteiger partial charge >= 0.3 is 0 Å². The number of guanidine groups is 1. The van der Waals surface area contributed by atoms with Crippen molar-refractivity contribution in [3.05, 3.63) is 12.2 Å². The fourth-order valence-corrected chi connectivity index (χ4v) is 1.32. The Labute approximate surface area is 80.1 Å². The second-order valence-electron chi connectivity index (χ2n) is 4.49. The molecule has 0 aromatic heterocycles. The minimum Gasteiger partial charge on any atom is -0.370 e. The average Bonchev–Trinajstić information content (AvgIpc) is 2.34. The van der Waals surface area contributed by atoms with Crippen molar-refractivity contribution in [1.82, 2.24) is 5.32 Å². The molecule has 0 spiro atoms. The van der Waals surface area contributed by atoms with Gasteiger partial charge in [-0.2, -0.15) is 0 Å². The SMILES string of the molecule is CC(C)(C)NC(N)=NC1CC=CC1. The van der Waals surface area contributed by atoms with Gasteiger partial charge in [-0.1, -0.05) is 12.2 Å². The smallest absolute Gasteiger partial charge is 0.189 e. The lowest BCUT2D eigenvalue weighted by Crippen LogP contribution is -2.45. The van der Waals surface area contributed by atoms with Crippen LogP contribution in [-0.4, -0.2) is 17.5 Å². The molecule has 0 saturated carbocycles. The van der Waals surface area contributed by atoms with Crippen molar-refractivity contribution < 1.29 is 0 Å². The molecule has 3 nitrogen and oxygen atoms in total. The molecule has 0 aromatic rings. The number of rotatable bonds is 1. The summed E-state index contributed by atoms with van der Waals surface area (Å²) in [6.45, 7) is 6.22. The highest BCUT2D eigenvalue weighted by Gasteiger charge is 2.12. The summed E-state index contributed by atoms with van der Waals surface area (Å²) in [5, 5.41) is 3.15. The Hall–Kier alpha value is -0.990. The van der Waals surface area contributed by atoms with Crippen molar-refractivity contribution in [3.8, 4) is 0 Å². The van der Waals surface area contributed by atoms with Crippen molar-refractivity contribution in [2.45, 2.75) is 45.2 Å². The third kappa shape index (κ3) is 3.97. The molecule has 0 saturated heterocycles. The molecule has 0 radical (unpaired) electrons.